The van der Waals surface area contributed by atoms with E-state index in [9.17, 15) is 22.4 Å². The number of halogens is 4. The topological polar surface area (TPSA) is 93.2 Å². The van der Waals surface area contributed by atoms with E-state index in [-0.39, 0.29) is 43.6 Å². The molecule has 0 aromatic carbocycles. The molecule has 6 rings (SSSR count). The van der Waals surface area contributed by atoms with E-state index in [1.807, 2.05) is 6.07 Å². The number of carbonyl (C=O) groups is 1. The summed E-state index contributed by atoms with van der Waals surface area (Å²) in [6.07, 6.45) is 2.46. The van der Waals surface area contributed by atoms with Gasteiger partial charge < -0.3 is 14.8 Å². The average molecular weight is 559 g/mol. The van der Waals surface area contributed by atoms with Crippen LogP contribution in [0.3, 0.4) is 0 Å². The summed E-state index contributed by atoms with van der Waals surface area (Å²) in [6.45, 7) is 2.34. The van der Waals surface area contributed by atoms with Gasteiger partial charge >= 0.3 is 0 Å². The number of likely N-dealkylation sites (tertiary alicyclic amines) is 1. The molecule has 0 radical (unpaired) electrons. The second-order valence-electron chi connectivity index (χ2n) is 10.7. The number of nitrogens with one attached hydrogen (secondary N) is 1. The van der Waals surface area contributed by atoms with Crippen molar-refractivity contribution >= 4 is 28.5 Å². The van der Waals surface area contributed by atoms with E-state index in [4.69, 9.17) is 0 Å². The first kappa shape index (κ1) is 26.5. The number of rotatable bonds is 6. The van der Waals surface area contributed by atoms with Gasteiger partial charge in [0, 0.05) is 49.7 Å². The van der Waals surface area contributed by atoms with E-state index in [2.05, 4.69) is 25.4 Å². The molecule has 1 saturated carbocycles. The Labute approximate surface area is 227 Å². The summed E-state index contributed by atoms with van der Waals surface area (Å²) in [7, 11) is 0. The molecule has 212 valence electrons. The fourth-order valence-electron chi connectivity index (χ4n) is 5.78. The molecule has 1 aliphatic carbocycles. The fourth-order valence-corrected chi connectivity index (χ4v) is 5.78. The number of nitrogens with zero attached hydrogens (tertiary/aromatic N) is 7. The lowest BCUT2D eigenvalue weighted by molar-refractivity contribution is -0.140. The number of carbonyl (C=O) groups excluding carboxylic acids is 1. The van der Waals surface area contributed by atoms with Crippen LogP contribution in [0, 0.1) is 12.8 Å². The van der Waals surface area contributed by atoms with Crippen LogP contribution in [0.25, 0.3) is 27.9 Å². The third-order valence-electron chi connectivity index (χ3n) is 8.00. The molecule has 0 bridgehead atoms. The number of pyridine rings is 1. The highest BCUT2D eigenvalue weighted by Gasteiger charge is 2.39. The maximum absolute atomic E-state index is 13.5. The molecule has 5 heterocycles. The maximum atomic E-state index is 13.5. The van der Waals surface area contributed by atoms with Crippen LogP contribution >= 0.6 is 0 Å². The number of aryl methyl sites for hydroxylation is 1. The Balaban J connectivity index is 1.12. The normalized spacial score (nSPS) is 18.7. The molecule has 1 N–H and O–H groups in total. The Hall–Kier alpha value is -3.77. The van der Waals surface area contributed by atoms with Crippen molar-refractivity contribution in [2.75, 3.05) is 18.4 Å². The lowest BCUT2D eigenvalue weighted by Crippen LogP contribution is -2.46. The number of anilines is 1. The summed E-state index contributed by atoms with van der Waals surface area (Å²) in [5.74, 6) is -2.02. The van der Waals surface area contributed by atoms with Gasteiger partial charge in [-0.3, -0.25) is 4.79 Å². The molecule has 13 heteroatoms. The van der Waals surface area contributed by atoms with Crippen molar-refractivity contribution in [2.45, 2.75) is 70.4 Å². The molecule has 0 atom stereocenters. The monoisotopic (exact) mass is 558 g/mol. The fraction of sp³-hybridized carbons (Fsp3) is 0.519. The number of hydrogen-bond donors (Lipinski definition) is 1. The van der Waals surface area contributed by atoms with Gasteiger partial charge in [0.25, 0.3) is 6.43 Å². The smallest absolute Gasteiger partial charge is 0.256 e. The first-order chi connectivity index (χ1) is 19.2. The van der Waals surface area contributed by atoms with Gasteiger partial charge in [0.05, 0.1) is 24.0 Å². The van der Waals surface area contributed by atoms with E-state index < -0.39 is 18.9 Å². The molecule has 2 aliphatic rings. The molecule has 2 fully saturated rings. The molecule has 9 nitrogen and oxygen atoms in total. The highest BCUT2D eigenvalue weighted by molar-refractivity contribution is 5.83. The second-order valence-corrected chi connectivity index (χ2v) is 10.7. The lowest BCUT2D eigenvalue weighted by Gasteiger charge is -2.36. The molecule has 1 amide bonds. The molecule has 1 saturated heterocycles. The molecule has 1 aliphatic heterocycles. The van der Waals surface area contributed by atoms with E-state index >= 15 is 0 Å². The van der Waals surface area contributed by atoms with Crippen molar-refractivity contribution in [3.05, 3.63) is 36.4 Å². The third-order valence-corrected chi connectivity index (χ3v) is 8.00. The first-order valence-electron chi connectivity index (χ1n) is 13.6. The SMILES string of the molecule is Cc1nc2ccc(-c3ccn4nc(NC5CCN(C(=O)C6CCC(F)(F)CC6)CC5)ncc34)nc2n1CC(F)F. The minimum Gasteiger partial charge on any atom is -0.350 e. The number of amides is 1. The second kappa shape index (κ2) is 10.3. The van der Waals surface area contributed by atoms with Gasteiger partial charge in [-0.15, -0.1) is 5.10 Å². The standard InChI is InChI=1S/C27H30F4N8O/c1-16-33-21-3-2-20(35-24(21)38(16)15-23(28)29)19-8-13-39-22(19)14-32-26(36-39)34-18-6-11-37(12-7-18)25(40)17-4-9-27(30,31)10-5-17/h2-3,8,13-14,17-18,23H,4-7,9-12,15H2,1H3,(H,34,36). The van der Waals surface area contributed by atoms with Crippen LogP contribution in [-0.2, 0) is 11.3 Å². The number of imidazole rings is 1. The van der Waals surface area contributed by atoms with Crippen molar-refractivity contribution < 1.29 is 22.4 Å². The van der Waals surface area contributed by atoms with Crippen LogP contribution in [0.1, 0.15) is 44.3 Å². The Morgan fingerprint density at radius 1 is 1.10 bits per heavy atom. The van der Waals surface area contributed by atoms with Gasteiger partial charge in [-0.05, 0) is 50.8 Å². The van der Waals surface area contributed by atoms with E-state index in [1.165, 1.54) is 4.57 Å². The van der Waals surface area contributed by atoms with Crippen molar-refractivity contribution in [1.29, 1.82) is 0 Å². The van der Waals surface area contributed by atoms with Gasteiger partial charge in [0.1, 0.15) is 11.3 Å². The number of fused-ring (bicyclic) bond motifs is 2. The summed E-state index contributed by atoms with van der Waals surface area (Å²) in [5.41, 5.74) is 3.05. The summed E-state index contributed by atoms with van der Waals surface area (Å²) >= 11 is 0. The van der Waals surface area contributed by atoms with Gasteiger partial charge in [-0.1, -0.05) is 0 Å². The number of aromatic nitrogens is 6. The van der Waals surface area contributed by atoms with Gasteiger partial charge in [0.2, 0.25) is 17.8 Å². The number of piperidine rings is 1. The molecule has 4 aromatic heterocycles. The summed E-state index contributed by atoms with van der Waals surface area (Å²) < 4.78 is 56.2. The zero-order valence-electron chi connectivity index (χ0n) is 22.0. The van der Waals surface area contributed by atoms with Crippen LogP contribution in [0.5, 0.6) is 0 Å². The minimum absolute atomic E-state index is 0.00861. The van der Waals surface area contributed by atoms with Gasteiger partial charge in [0.15, 0.2) is 5.65 Å². The van der Waals surface area contributed by atoms with Crippen LogP contribution < -0.4 is 5.32 Å². The van der Waals surface area contributed by atoms with Crippen molar-refractivity contribution in [2.24, 2.45) is 5.92 Å². The highest BCUT2D eigenvalue weighted by atomic mass is 19.3. The Morgan fingerprint density at radius 3 is 2.58 bits per heavy atom. The average Bonchev–Trinajstić information content (AvgIpc) is 3.48. The predicted molar refractivity (Wildman–Crippen MR) is 140 cm³/mol. The Bertz CT molecular complexity index is 1530. The molecular weight excluding hydrogens is 528 g/mol. The van der Waals surface area contributed by atoms with Crippen LogP contribution in [0.4, 0.5) is 23.5 Å². The zero-order chi connectivity index (χ0) is 28.0. The number of hydrogen-bond acceptors (Lipinski definition) is 6. The van der Waals surface area contributed by atoms with Crippen LogP contribution in [0.2, 0.25) is 0 Å². The maximum Gasteiger partial charge on any atom is 0.256 e. The van der Waals surface area contributed by atoms with E-state index in [0.717, 1.165) is 5.56 Å². The minimum atomic E-state index is -2.64. The van der Waals surface area contributed by atoms with Crippen molar-refractivity contribution in [3.8, 4) is 11.3 Å². The first-order valence-corrected chi connectivity index (χ1v) is 13.6. The molecule has 40 heavy (non-hydrogen) atoms. The predicted octanol–water partition coefficient (Wildman–Crippen LogP) is 4.94. The lowest BCUT2D eigenvalue weighted by atomic mass is 9.85. The largest absolute Gasteiger partial charge is 0.350 e. The molecule has 0 spiro atoms. The summed E-state index contributed by atoms with van der Waals surface area (Å²) in [4.78, 5) is 28.1. The molecular formula is C27H30F4N8O. The van der Waals surface area contributed by atoms with Crippen molar-refractivity contribution in [3.63, 3.8) is 0 Å². The highest BCUT2D eigenvalue weighted by Crippen LogP contribution is 2.37. The Kier molecular flexibility index (Phi) is 6.83. The van der Waals surface area contributed by atoms with Gasteiger partial charge in [-0.25, -0.2) is 37.0 Å². The molecule has 0 unspecified atom stereocenters. The third kappa shape index (κ3) is 5.20. The van der Waals surface area contributed by atoms with Crippen LogP contribution in [0.15, 0.2) is 30.6 Å². The van der Waals surface area contributed by atoms with Crippen LogP contribution in [-0.4, -0.2) is 71.4 Å². The quantitative estimate of drug-likeness (QED) is 0.337. The zero-order valence-corrected chi connectivity index (χ0v) is 22.0. The Morgan fingerprint density at radius 2 is 1.85 bits per heavy atom. The molecule has 4 aromatic rings. The van der Waals surface area contributed by atoms with E-state index in [1.54, 1.807) is 40.9 Å². The summed E-state index contributed by atoms with van der Waals surface area (Å²) in [6, 6.07) is 5.51. The van der Waals surface area contributed by atoms with Crippen molar-refractivity contribution in [1.82, 2.24) is 34.0 Å². The van der Waals surface area contributed by atoms with Gasteiger partial charge in [-0.2, -0.15) is 0 Å². The summed E-state index contributed by atoms with van der Waals surface area (Å²) in [5, 5.41) is 7.92. The number of alkyl halides is 4. The van der Waals surface area contributed by atoms with E-state index in [0.29, 0.717) is 60.1 Å².